The standard InChI is InChI=1S/C18H22N2O5S.K.H/c1-4-11(25-10-8-6-5-7-9-10)14(21)19-12-15(22)20-13(17(23)24)18(2,3)26-16(12)20;;/h5-9,11-13,16H,4H2,1-3H3,(H,19,21)(H,23,24);;/q;+1;-1/t11-,12-,13+,16-;;/m1../s1. The summed E-state index contributed by atoms with van der Waals surface area (Å²) >= 11 is 1.40. The van der Waals surface area contributed by atoms with Gasteiger partial charge >= 0.3 is 57.4 Å². The van der Waals surface area contributed by atoms with E-state index in [1.54, 1.807) is 26.0 Å². The Bertz CT molecular complexity index is 736. The van der Waals surface area contributed by atoms with Crippen molar-refractivity contribution in [3.05, 3.63) is 30.3 Å². The summed E-state index contributed by atoms with van der Waals surface area (Å²) in [6.45, 7) is 5.43. The molecule has 3 rings (SSSR count). The topological polar surface area (TPSA) is 95.9 Å². The number of nitrogens with zero attached hydrogens (tertiary/aromatic N) is 1. The minimum Gasteiger partial charge on any atom is -1.00 e. The number of thioether (sulfide) groups is 1. The van der Waals surface area contributed by atoms with Crippen LogP contribution in [-0.4, -0.2) is 56.1 Å². The summed E-state index contributed by atoms with van der Waals surface area (Å²) in [4.78, 5) is 37.9. The number of fused-ring (bicyclic) bond motifs is 1. The van der Waals surface area contributed by atoms with Crippen molar-refractivity contribution in [2.45, 2.75) is 55.5 Å². The number of amides is 2. The van der Waals surface area contributed by atoms with Crippen molar-refractivity contribution < 1.29 is 77.0 Å². The minimum absolute atomic E-state index is 0. The quantitative estimate of drug-likeness (QED) is 0.436. The molecule has 0 spiro atoms. The molecule has 2 saturated heterocycles. The van der Waals surface area contributed by atoms with Crippen molar-refractivity contribution in [2.24, 2.45) is 0 Å². The Morgan fingerprint density at radius 2 is 2.00 bits per heavy atom. The third-order valence-corrected chi connectivity index (χ3v) is 6.23. The Kier molecular flexibility index (Phi) is 7.43. The van der Waals surface area contributed by atoms with Crippen LogP contribution in [0.3, 0.4) is 0 Å². The van der Waals surface area contributed by atoms with Gasteiger partial charge < -0.3 is 21.5 Å². The SMILES string of the molecule is CC[C@@H](Oc1ccccc1)C(=O)N[C@@H]1C(=O)N2[C@@H]1SC(C)(C)[C@@H]2C(=O)O.[H-].[K+]. The fraction of sp³-hybridized carbons (Fsp3) is 0.500. The van der Waals surface area contributed by atoms with Crippen LogP contribution in [0.15, 0.2) is 30.3 Å². The van der Waals surface area contributed by atoms with Crippen molar-refractivity contribution in [2.75, 3.05) is 0 Å². The van der Waals surface area contributed by atoms with Crippen LogP contribution < -0.4 is 61.4 Å². The van der Waals surface area contributed by atoms with Crippen LogP contribution in [0.2, 0.25) is 0 Å². The van der Waals surface area contributed by atoms with E-state index in [0.717, 1.165) is 0 Å². The smallest absolute Gasteiger partial charge is 1.00 e. The fourth-order valence-corrected chi connectivity index (χ4v) is 5.00. The number of carbonyl (C=O) groups excluding carboxylic acids is 2. The van der Waals surface area contributed by atoms with E-state index in [-0.39, 0.29) is 70.0 Å². The van der Waals surface area contributed by atoms with E-state index >= 15 is 0 Å². The maximum Gasteiger partial charge on any atom is 1.00 e. The normalized spacial score (nSPS) is 26.3. The maximum atomic E-state index is 12.6. The van der Waals surface area contributed by atoms with Crippen LogP contribution in [0.5, 0.6) is 5.75 Å². The Labute approximate surface area is 206 Å². The molecule has 0 saturated carbocycles. The molecule has 0 radical (unpaired) electrons. The first-order chi connectivity index (χ1) is 12.3. The van der Waals surface area contributed by atoms with Gasteiger partial charge in [0.15, 0.2) is 6.10 Å². The predicted molar refractivity (Wildman–Crippen MR) is 97.9 cm³/mol. The third-order valence-electron chi connectivity index (χ3n) is 4.66. The number of rotatable bonds is 6. The van der Waals surface area contributed by atoms with Crippen molar-refractivity contribution >= 4 is 29.5 Å². The van der Waals surface area contributed by atoms with E-state index in [1.807, 2.05) is 25.1 Å². The molecule has 0 aromatic heterocycles. The molecule has 9 heteroatoms. The summed E-state index contributed by atoms with van der Waals surface area (Å²) in [5, 5.41) is 11.8. The summed E-state index contributed by atoms with van der Waals surface area (Å²) in [6, 6.07) is 7.41. The molecule has 142 valence electrons. The van der Waals surface area contributed by atoms with Gasteiger partial charge in [0.2, 0.25) is 5.91 Å². The Morgan fingerprint density at radius 3 is 2.56 bits per heavy atom. The first kappa shape index (κ1) is 22.7. The zero-order chi connectivity index (χ0) is 19.1. The van der Waals surface area contributed by atoms with Gasteiger partial charge in [-0.1, -0.05) is 25.1 Å². The van der Waals surface area contributed by atoms with Crippen LogP contribution in [0, 0.1) is 0 Å². The summed E-state index contributed by atoms with van der Waals surface area (Å²) in [5.74, 6) is -1.17. The predicted octanol–water partition coefficient (Wildman–Crippen LogP) is -1.41. The number of aliphatic carboxylic acids is 1. The zero-order valence-corrected chi connectivity index (χ0v) is 19.8. The number of β-lactam (4-membered cyclic amide) rings is 1. The van der Waals surface area contributed by atoms with Crippen molar-refractivity contribution in [1.82, 2.24) is 10.2 Å². The van der Waals surface area contributed by atoms with Gasteiger partial charge in [0, 0.05) is 4.75 Å². The number of para-hydroxylation sites is 1. The number of carboxylic acids is 1. The number of benzene rings is 1. The van der Waals surface area contributed by atoms with Gasteiger partial charge in [-0.25, -0.2) is 4.79 Å². The third kappa shape index (κ3) is 4.38. The molecule has 0 aliphatic carbocycles. The van der Waals surface area contributed by atoms with Crippen LogP contribution in [0.25, 0.3) is 0 Å². The number of nitrogens with one attached hydrogen (secondary N) is 1. The number of ether oxygens (including phenoxy) is 1. The number of hydrogen-bond donors (Lipinski definition) is 2. The zero-order valence-electron chi connectivity index (χ0n) is 16.8. The number of carbonyl (C=O) groups is 3. The van der Waals surface area contributed by atoms with Crippen LogP contribution >= 0.6 is 11.8 Å². The molecule has 1 aromatic rings. The molecule has 27 heavy (non-hydrogen) atoms. The van der Waals surface area contributed by atoms with Crippen LogP contribution in [-0.2, 0) is 14.4 Å². The molecular weight excluding hydrogens is 395 g/mol. The molecule has 2 aliphatic heterocycles. The van der Waals surface area contributed by atoms with E-state index in [9.17, 15) is 19.5 Å². The molecular formula is C18H23KN2O5S. The van der Waals surface area contributed by atoms with Gasteiger partial charge in [0.05, 0.1) is 0 Å². The monoisotopic (exact) mass is 418 g/mol. The van der Waals surface area contributed by atoms with Gasteiger partial charge in [0.25, 0.3) is 5.91 Å². The van der Waals surface area contributed by atoms with E-state index in [0.29, 0.717) is 12.2 Å². The first-order valence-corrected chi connectivity index (χ1v) is 9.39. The van der Waals surface area contributed by atoms with E-state index in [2.05, 4.69) is 5.32 Å². The van der Waals surface area contributed by atoms with Gasteiger partial charge in [-0.3, -0.25) is 9.59 Å². The summed E-state index contributed by atoms with van der Waals surface area (Å²) in [6.07, 6.45) is -0.263. The van der Waals surface area contributed by atoms with E-state index in [1.165, 1.54) is 16.7 Å². The molecule has 2 fully saturated rings. The summed E-state index contributed by atoms with van der Waals surface area (Å²) in [7, 11) is 0. The van der Waals surface area contributed by atoms with Crippen LogP contribution in [0.4, 0.5) is 0 Å². The molecule has 4 atom stereocenters. The average molecular weight is 419 g/mol. The number of hydrogen-bond acceptors (Lipinski definition) is 5. The fourth-order valence-electron chi connectivity index (χ4n) is 3.38. The van der Waals surface area contributed by atoms with Crippen molar-refractivity contribution in [3.63, 3.8) is 0 Å². The Hall–Kier alpha value is -0.584. The van der Waals surface area contributed by atoms with Gasteiger partial charge in [0.1, 0.15) is 23.2 Å². The second-order valence-electron chi connectivity index (χ2n) is 6.91. The second kappa shape index (κ2) is 8.83. The molecule has 2 heterocycles. The molecule has 1 aromatic carbocycles. The van der Waals surface area contributed by atoms with E-state index < -0.39 is 28.9 Å². The van der Waals surface area contributed by atoms with E-state index in [4.69, 9.17) is 4.74 Å². The number of carboxylic acid groups (broad SMARTS) is 1. The Morgan fingerprint density at radius 1 is 1.37 bits per heavy atom. The Balaban J connectivity index is 0.00000196. The molecule has 0 bridgehead atoms. The van der Waals surface area contributed by atoms with Gasteiger partial charge in [-0.05, 0) is 32.4 Å². The van der Waals surface area contributed by atoms with Crippen molar-refractivity contribution in [3.8, 4) is 5.75 Å². The largest absolute Gasteiger partial charge is 1.00 e. The first-order valence-electron chi connectivity index (χ1n) is 8.51. The molecule has 7 nitrogen and oxygen atoms in total. The molecule has 2 aliphatic rings. The average Bonchev–Trinajstić information content (AvgIpc) is 2.86. The summed E-state index contributed by atoms with van der Waals surface area (Å²) < 4.78 is 5.09. The summed E-state index contributed by atoms with van der Waals surface area (Å²) in [5.41, 5.74) is 0. The molecule has 0 unspecified atom stereocenters. The van der Waals surface area contributed by atoms with Gasteiger partial charge in [-0.15, -0.1) is 11.8 Å². The maximum absolute atomic E-state index is 12.6. The van der Waals surface area contributed by atoms with Gasteiger partial charge in [-0.2, -0.15) is 0 Å². The second-order valence-corrected chi connectivity index (χ2v) is 8.68. The van der Waals surface area contributed by atoms with Crippen molar-refractivity contribution in [1.29, 1.82) is 0 Å². The molecule has 2 amide bonds. The van der Waals surface area contributed by atoms with Crippen LogP contribution in [0.1, 0.15) is 28.6 Å². The molecule has 2 N–H and O–H groups in total. The minimum atomic E-state index is -1.03.